The number of rotatable bonds is 7. The van der Waals surface area contributed by atoms with E-state index in [0.717, 1.165) is 16.9 Å². The van der Waals surface area contributed by atoms with Crippen LogP contribution >= 0.6 is 0 Å². The Morgan fingerprint density at radius 2 is 1.82 bits per heavy atom. The van der Waals surface area contributed by atoms with Gasteiger partial charge in [0.1, 0.15) is 5.75 Å². The Bertz CT molecular complexity index is 925. The highest BCUT2D eigenvalue weighted by molar-refractivity contribution is 5.79. The minimum Gasteiger partial charge on any atom is -0.435 e. The summed E-state index contributed by atoms with van der Waals surface area (Å²) in [5, 5.41) is 7.38. The molecule has 0 spiro atoms. The smallest absolute Gasteiger partial charge is 0.387 e. The molecule has 3 aromatic rings. The van der Waals surface area contributed by atoms with E-state index in [2.05, 4.69) is 15.2 Å². The van der Waals surface area contributed by atoms with Gasteiger partial charge in [-0.05, 0) is 43.7 Å². The van der Waals surface area contributed by atoms with E-state index in [4.69, 9.17) is 0 Å². The Labute approximate surface area is 161 Å². The summed E-state index contributed by atoms with van der Waals surface area (Å²) in [6, 6.07) is 15.6. The van der Waals surface area contributed by atoms with Crippen LogP contribution in [0, 0.1) is 6.92 Å². The number of aromatic nitrogens is 2. The summed E-state index contributed by atoms with van der Waals surface area (Å²) in [6.07, 6.45) is 1.90. The maximum atomic E-state index is 12.4. The second kappa shape index (κ2) is 8.65. The molecular weight excluding hydrogens is 364 g/mol. The molecule has 0 saturated carbocycles. The Balaban J connectivity index is 1.62. The van der Waals surface area contributed by atoms with Gasteiger partial charge in [-0.15, -0.1) is 0 Å². The van der Waals surface area contributed by atoms with Crippen molar-refractivity contribution >= 4 is 5.91 Å². The Morgan fingerprint density at radius 1 is 1.14 bits per heavy atom. The highest BCUT2D eigenvalue weighted by Crippen LogP contribution is 2.20. The molecule has 0 saturated heterocycles. The fourth-order valence-corrected chi connectivity index (χ4v) is 3.02. The fraction of sp³-hybridized carbons (Fsp3) is 0.238. The van der Waals surface area contributed by atoms with Crippen LogP contribution < -0.4 is 10.1 Å². The van der Waals surface area contributed by atoms with E-state index in [-0.39, 0.29) is 24.1 Å². The van der Waals surface area contributed by atoms with Gasteiger partial charge in [0.05, 0.1) is 24.3 Å². The average Bonchev–Trinajstić information content (AvgIpc) is 3.05. The maximum absolute atomic E-state index is 12.4. The van der Waals surface area contributed by atoms with Crippen LogP contribution in [0.25, 0.3) is 5.69 Å². The van der Waals surface area contributed by atoms with Crippen molar-refractivity contribution in [1.29, 1.82) is 0 Å². The van der Waals surface area contributed by atoms with Gasteiger partial charge in [0, 0.05) is 11.3 Å². The van der Waals surface area contributed by atoms with Crippen LogP contribution in [0.2, 0.25) is 0 Å². The molecule has 0 fully saturated rings. The predicted octanol–water partition coefficient (Wildman–Crippen LogP) is 4.20. The molecule has 2 aromatic carbocycles. The van der Waals surface area contributed by atoms with Crippen molar-refractivity contribution in [3.63, 3.8) is 0 Å². The van der Waals surface area contributed by atoms with E-state index in [9.17, 15) is 13.6 Å². The van der Waals surface area contributed by atoms with Crippen LogP contribution in [-0.2, 0) is 11.2 Å². The van der Waals surface area contributed by atoms with Crippen molar-refractivity contribution in [3.05, 3.63) is 77.6 Å². The van der Waals surface area contributed by atoms with Crippen molar-refractivity contribution in [1.82, 2.24) is 15.1 Å². The molecule has 0 aliphatic carbocycles. The number of amides is 1. The first-order chi connectivity index (χ1) is 13.4. The lowest BCUT2D eigenvalue weighted by atomic mass is 10.1. The topological polar surface area (TPSA) is 56.1 Å². The molecule has 1 unspecified atom stereocenters. The molecule has 3 rings (SSSR count). The number of nitrogens with zero attached hydrogens (tertiary/aromatic N) is 2. The first kappa shape index (κ1) is 19.5. The molecule has 0 radical (unpaired) electrons. The first-order valence-electron chi connectivity index (χ1n) is 8.87. The lowest BCUT2D eigenvalue weighted by Gasteiger charge is -2.14. The Hall–Kier alpha value is -3.22. The van der Waals surface area contributed by atoms with Crippen molar-refractivity contribution in [3.8, 4) is 11.4 Å². The minimum atomic E-state index is -2.87. The van der Waals surface area contributed by atoms with Gasteiger partial charge in [0.25, 0.3) is 0 Å². The van der Waals surface area contributed by atoms with Crippen LogP contribution in [0.4, 0.5) is 8.78 Å². The summed E-state index contributed by atoms with van der Waals surface area (Å²) in [4.78, 5) is 12.4. The van der Waals surface area contributed by atoms with Gasteiger partial charge < -0.3 is 10.1 Å². The molecule has 0 aliphatic heterocycles. The SMILES string of the molecule is Cc1c(C(C)NC(=O)Cc2ccc(OC(F)F)cc2)cnn1-c1ccccc1. The van der Waals surface area contributed by atoms with Crippen molar-refractivity contribution in [2.75, 3.05) is 0 Å². The summed E-state index contributed by atoms with van der Waals surface area (Å²) in [6.45, 7) is 0.992. The Kier molecular flexibility index (Phi) is 6.03. The van der Waals surface area contributed by atoms with Crippen LogP contribution in [0.15, 0.2) is 60.8 Å². The Morgan fingerprint density at radius 3 is 2.46 bits per heavy atom. The third kappa shape index (κ3) is 4.73. The number of para-hydroxylation sites is 1. The molecule has 146 valence electrons. The zero-order chi connectivity index (χ0) is 20.1. The van der Waals surface area contributed by atoms with E-state index in [1.54, 1.807) is 18.3 Å². The zero-order valence-electron chi connectivity index (χ0n) is 15.6. The number of alkyl halides is 2. The molecule has 1 amide bonds. The number of carbonyl (C=O) groups excluding carboxylic acids is 1. The summed E-state index contributed by atoms with van der Waals surface area (Å²) in [5.74, 6) is -0.0987. The van der Waals surface area contributed by atoms with Gasteiger partial charge in [0.15, 0.2) is 0 Å². The van der Waals surface area contributed by atoms with Gasteiger partial charge in [-0.1, -0.05) is 30.3 Å². The van der Waals surface area contributed by atoms with Crippen molar-refractivity contribution < 1.29 is 18.3 Å². The summed E-state index contributed by atoms with van der Waals surface area (Å²) in [7, 11) is 0. The first-order valence-corrected chi connectivity index (χ1v) is 8.87. The number of halogens is 2. The van der Waals surface area contributed by atoms with Gasteiger partial charge in [0.2, 0.25) is 5.91 Å². The van der Waals surface area contributed by atoms with E-state index in [1.165, 1.54) is 12.1 Å². The number of ether oxygens (including phenoxy) is 1. The highest BCUT2D eigenvalue weighted by Gasteiger charge is 2.16. The average molecular weight is 385 g/mol. The summed E-state index contributed by atoms with van der Waals surface area (Å²) >= 11 is 0. The van der Waals surface area contributed by atoms with E-state index < -0.39 is 6.61 Å². The lowest BCUT2D eigenvalue weighted by molar-refractivity contribution is -0.121. The van der Waals surface area contributed by atoms with E-state index >= 15 is 0 Å². The van der Waals surface area contributed by atoms with Crippen LogP contribution in [-0.4, -0.2) is 22.3 Å². The van der Waals surface area contributed by atoms with Crippen molar-refractivity contribution in [2.24, 2.45) is 0 Å². The number of nitrogens with one attached hydrogen (secondary N) is 1. The number of hydrogen-bond acceptors (Lipinski definition) is 3. The lowest BCUT2D eigenvalue weighted by Crippen LogP contribution is -2.28. The van der Waals surface area contributed by atoms with Gasteiger partial charge in [-0.25, -0.2) is 4.68 Å². The molecule has 1 N–H and O–H groups in total. The van der Waals surface area contributed by atoms with Crippen LogP contribution in [0.3, 0.4) is 0 Å². The van der Waals surface area contributed by atoms with Crippen molar-refractivity contribution in [2.45, 2.75) is 32.9 Å². The molecule has 28 heavy (non-hydrogen) atoms. The molecule has 7 heteroatoms. The van der Waals surface area contributed by atoms with Crippen LogP contribution in [0.1, 0.15) is 29.8 Å². The van der Waals surface area contributed by atoms with Gasteiger partial charge in [-0.2, -0.15) is 13.9 Å². The fourth-order valence-electron chi connectivity index (χ4n) is 3.02. The second-order valence-corrected chi connectivity index (χ2v) is 6.42. The summed E-state index contributed by atoms with van der Waals surface area (Å²) < 4.78 is 30.5. The molecule has 1 heterocycles. The minimum absolute atomic E-state index is 0.0662. The van der Waals surface area contributed by atoms with E-state index in [0.29, 0.717) is 5.56 Å². The monoisotopic (exact) mass is 385 g/mol. The molecule has 5 nitrogen and oxygen atoms in total. The van der Waals surface area contributed by atoms with Crippen LogP contribution in [0.5, 0.6) is 5.75 Å². The van der Waals surface area contributed by atoms with Gasteiger partial charge >= 0.3 is 6.61 Å². The number of hydrogen-bond donors (Lipinski definition) is 1. The highest BCUT2D eigenvalue weighted by atomic mass is 19.3. The molecule has 0 aliphatic rings. The second-order valence-electron chi connectivity index (χ2n) is 6.42. The quantitative estimate of drug-likeness (QED) is 0.663. The molecular formula is C21H21F2N3O2. The molecule has 1 atom stereocenters. The predicted molar refractivity (Wildman–Crippen MR) is 102 cm³/mol. The number of carbonyl (C=O) groups is 1. The van der Waals surface area contributed by atoms with E-state index in [1.807, 2.05) is 48.9 Å². The van der Waals surface area contributed by atoms with Gasteiger partial charge in [-0.3, -0.25) is 4.79 Å². The maximum Gasteiger partial charge on any atom is 0.387 e. The summed E-state index contributed by atoms with van der Waals surface area (Å²) in [5.41, 5.74) is 3.55. The molecule has 1 aromatic heterocycles. The largest absolute Gasteiger partial charge is 0.435 e. The third-order valence-corrected chi connectivity index (χ3v) is 4.41. The zero-order valence-corrected chi connectivity index (χ0v) is 15.6. The number of benzene rings is 2. The third-order valence-electron chi connectivity index (χ3n) is 4.41. The standard InChI is InChI=1S/C21H21F2N3O2/c1-14(19-13-24-26(15(19)2)17-6-4-3-5-7-17)25-20(27)12-16-8-10-18(11-9-16)28-21(22)23/h3-11,13-14,21H,12H2,1-2H3,(H,25,27). The normalized spacial score (nSPS) is 12.0. The molecule has 0 bridgehead atoms.